The summed E-state index contributed by atoms with van der Waals surface area (Å²) >= 11 is 3.26. The number of rotatable bonds is 5. The fraction of sp³-hybridized carbons (Fsp3) is 0.222. The van der Waals surface area contributed by atoms with E-state index in [1.807, 2.05) is 23.5 Å². The molecular weight excluding hydrogens is 382 g/mol. The summed E-state index contributed by atoms with van der Waals surface area (Å²) in [4.78, 5) is 21.8. The zero-order valence-corrected chi connectivity index (χ0v) is 15.1. The van der Waals surface area contributed by atoms with Gasteiger partial charge in [0.2, 0.25) is 5.91 Å². The highest BCUT2D eigenvalue weighted by Gasteiger charge is 2.32. The zero-order valence-electron chi connectivity index (χ0n) is 13.5. The Bertz CT molecular complexity index is 824. The van der Waals surface area contributed by atoms with E-state index in [-0.39, 0.29) is 5.91 Å². The smallest absolute Gasteiger partial charge is 0.243 e. The van der Waals surface area contributed by atoms with Crippen molar-refractivity contribution >= 4 is 27.5 Å². The fourth-order valence-electron chi connectivity index (χ4n) is 2.89. The van der Waals surface area contributed by atoms with Crippen molar-refractivity contribution in [3.05, 3.63) is 65.0 Å². The van der Waals surface area contributed by atoms with E-state index in [1.54, 1.807) is 18.6 Å². The van der Waals surface area contributed by atoms with Crippen molar-refractivity contribution in [3.8, 4) is 6.07 Å². The number of anilines is 1. The van der Waals surface area contributed by atoms with Crippen molar-refractivity contribution in [1.29, 1.82) is 5.26 Å². The second-order valence-electron chi connectivity index (χ2n) is 5.78. The Morgan fingerprint density at radius 3 is 3.08 bits per heavy atom. The molecule has 2 N–H and O–H groups in total. The Morgan fingerprint density at radius 2 is 2.40 bits per heavy atom. The van der Waals surface area contributed by atoms with Crippen LogP contribution in [0.2, 0.25) is 0 Å². The molecule has 0 saturated heterocycles. The molecule has 0 fully saturated rings. The van der Waals surface area contributed by atoms with Crippen LogP contribution in [0, 0.1) is 17.8 Å². The van der Waals surface area contributed by atoms with Crippen LogP contribution < -0.4 is 10.2 Å². The highest BCUT2D eigenvalue weighted by Crippen LogP contribution is 2.32. The maximum absolute atomic E-state index is 12.7. The van der Waals surface area contributed by atoms with Crippen LogP contribution in [0.1, 0.15) is 16.8 Å². The number of carbonyl (C=O) groups excluding carboxylic acids is 1. The number of fused-ring (bicyclic) bond motifs is 1. The number of amides is 1. The summed E-state index contributed by atoms with van der Waals surface area (Å²) in [5.74, 6) is -0.0878. The van der Waals surface area contributed by atoms with Crippen LogP contribution in [0.15, 0.2) is 41.8 Å². The van der Waals surface area contributed by atoms with Gasteiger partial charge in [0.25, 0.3) is 0 Å². The molecule has 1 aliphatic rings. The van der Waals surface area contributed by atoms with Gasteiger partial charge >= 0.3 is 0 Å². The van der Waals surface area contributed by atoms with Crippen LogP contribution in [0.25, 0.3) is 0 Å². The molecule has 1 unspecified atom stereocenters. The van der Waals surface area contributed by atoms with E-state index in [4.69, 9.17) is 5.26 Å². The quantitative estimate of drug-likeness (QED) is 0.809. The molecule has 0 saturated carbocycles. The Morgan fingerprint density at radius 1 is 1.56 bits per heavy atom. The van der Waals surface area contributed by atoms with Gasteiger partial charge in [-0.25, -0.2) is 4.98 Å². The number of carbonyl (C=O) groups is 1. The molecular formula is C18H17BrN5O. The van der Waals surface area contributed by atoms with Crippen molar-refractivity contribution in [2.45, 2.75) is 19.0 Å². The number of H-pyrrole nitrogens is 1. The van der Waals surface area contributed by atoms with Gasteiger partial charge in [-0.1, -0.05) is 22.5 Å². The first-order valence-corrected chi connectivity index (χ1v) is 8.59. The van der Waals surface area contributed by atoms with E-state index in [0.29, 0.717) is 25.1 Å². The van der Waals surface area contributed by atoms with Crippen molar-refractivity contribution < 1.29 is 4.79 Å². The Balaban J connectivity index is 1.90. The van der Waals surface area contributed by atoms with Gasteiger partial charge in [-0.2, -0.15) is 5.26 Å². The lowest BCUT2D eigenvalue weighted by Crippen LogP contribution is -2.49. The molecule has 0 aliphatic carbocycles. The second-order valence-corrected chi connectivity index (χ2v) is 6.90. The fourth-order valence-corrected chi connectivity index (χ4v) is 3.03. The first kappa shape index (κ1) is 17.2. The number of nitriles is 1. The zero-order chi connectivity index (χ0) is 17.8. The summed E-state index contributed by atoms with van der Waals surface area (Å²) in [6.45, 7) is 4.63. The molecule has 0 bridgehead atoms. The minimum atomic E-state index is -0.407. The molecule has 0 spiro atoms. The summed E-state index contributed by atoms with van der Waals surface area (Å²) in [5, 5.41) is 12.0. The summed E-state index contributed by atoms with van der Waals surface area (Å²) < 4.78 is 0.718. The van der Waals surface area contributed by atoms with Gasteiger partial charge in [-0.05, 0) is 36.6 Å². The Hall–Kier alpha value is -2.59. The number of aromatic nitrogens is 2. The third kappa shape index (κ3) is 3.91. The van der Waals surface area contributed by atoms with E-state index in [1.165, 1.54) is 0 Å². The summed E-state index contributed by atoms with van der Waals surface area (Å²) in [5.41, 5.74) is 3.52. The number of halogens is 1. The van der Waals surface area contributed by atoms with Crippen LogP contribution in [0.3, 0.4) is 0 Å². The molecule has 3 rings (SSSR count). The summed E-state index contributed by atoms with van der Waals surface area (Å²) in [7, 11) is 0. The van der Waals surface area contributed by atoms with E-state index in [0.717, 1.165) is 21.4 Å². The molecule has 1 atom stereocenters. The first-order chi connectivity index (χ1) is 12.1. The molecule has 1 aliphatic heterocycles. The normalized spacial score (nSPS) is 16.0. The molecule has 1 aromatic heterocycles. The molecule has 6 nitrogen and oxygen atoms in total. The van der Waals surface area contributed by atoms with Crippen LogP contribution >= 0.6 is 15.9 Å². The van der Waals surface area contributed by atoms with Gasteiger partial charge in [-0.15, -0.1) is 0 Å². The van der Waals surface area contributed by atoms with Crippen LogP contribution in [0.4, 0.5) is 5.69 Å². The monoisotopic (exact) mass is 398 g/mol. The van der Waals surface area contributed by atoms with Crippen LogP contribution in [-0.4, -0.2) is 28.5 Å². The SMILES string of the molecule is C=C(Br)CNC(=O)C1[CH]Cc2cc(C#N)ccc2N1Cc1cnc[nH]1. The minimum Gasteiger partial charge on any atom is -0.353 e. The average molecular weight is 399 g/mol. The molecule has 1 aromatic carbocycles. The Labute approximate surface area is 154 Å². The van der Waals surface area contributed by atoms with Gasteiger partial charge in [-0.3, -0.25) is 4.79 Å². The predicted octanol–water partition coefficient (Wildman–Crippen LogP) is 2.44. The van der Waals surface area contributed by atoms with Gasteiger partial charge in [0.1, 0.15) is 6.04 Å². The maximum atomic E-state index is 12.7. The number of imidazole rings is 1. The highest BCUT2D eigenvalue weighted by molar-refractivity contribution is 9.11. The largest absolute Gasteiger partial charge is 0.353 e. The third-order valence-corrected chi connectivity index (χ3v) is 4.31. The standard InChI is InChI=1S/C18H17BrN5O/c1-12(19)8-22-18(25)17-5-3-14-6-13(7-20)2-4-16(14)24(17)10-15-9-21-11-23-15/h2,4-6,9,11,17H,1,3,8,10H2,(H,21,23)(H,22,25). The van der Waals surface area contributed by atoms with Crippen molar-refractivity contribution in [3.63, 3.8) is 0 Å². The lowest BCUT2D eigenvalue weighted by atomic mass is 9.93. The summed E-state index contributed by atoms with van der Waals surface area (Å²) in [6.07, 6.45) is 5.96. The highest BCUT2D eigenvalue weighted by atomic mass is 79.9. The molecule has 127 valence electrons. The number of nitrogens with zero attached hydrogens (tertiary/aromatic N) is 3. The number of nitrogens with one attached hydrogen (secondary N) is 2. The van der Waals surface area contributed by atoms with Crippen molar-refractivity contribution in [2.24, 2.45) is 0 Å². The maximum Gasteiger partial charge on any atom is 0.243 e. The molecule has 2 aromatic rings. The number of hydrogen-bond acceptors (Lipinski definition) is 4. The summed E-state index contributed by atoms with van der Waals surface area (Å²) in [6, 6.07) is 7.31. The van der Waals surface area contributed by atoms with Gasteiger partial charge in [0.05, 0.1) is 30.2 Å². The number of aromatic amines is 1. The second kappa shape index (κ2) is 7.53. The molecule has 25 heavy (non-hydrogen) atoms. The van der Waals surface area contributed by atoms with Gasteiger partial charge in [0.15, 0.2) is 0 Å². The molecule has 1 radical (unpaired) electrons. The van der Waals surface area contributed by atoms with E-state index < -0.39 is 6.04 Å². The van der Waals surface area contributed by atoms with Crippen molar-refractivity contribution in [2.75, 3.05) is 11.4 Å². The van der Waals surface area contributed by atoms with E-state index in [9.17, 15) is 4.79 Å². The lowest BCUT2D eigenvalue weighted by molar-refractivity contribution is -0.121. The number of hydrogen-bond donors (Lipinski definition) is 2. The van der Waals surface area contributed by atoms with E-state index in [2.05, 4.69) is 43.9 Å². The minimum absolute atomic E-state index is 0.0878. The topological polar surface area (TPSA) is 84.8 Å². The molecule has 2 heterocycles. The molecule has 1 amide bonds. The van der Waals surface area contributed by atoms with Crippen molar-refractivity contribution in [1.82, 2.24) is 15.3 Å². The van der Waals surface area contributed by atoms with E-state index >= 15 is 0 Å². The average Bonchev–Trinajstić information content (AvgIpc) is 3.12. The Kier molecular flexibility index (Phi) is 5.19. The van der Waals surface area contributed by atoms with Crippen LogP contribution in [-0.2, 0) is 17.8 Å². The number of benzene rings is 1. The molecule has 7 heteroatoms. The first-order valence-electron chi connectivity index (χ1n) is 7.79. The predicted molar refractivity (Wildman–Crippen MR) is 98.8 cm³/mol. The van der Waals surface area contributed by atoms with Gasteiger partial charge in [0, 0.05) is 22.9 Å². The van der Waals surface area contributed by atoms with Gasteiger partial charge < -0.3 is 15.2 Å². The lowest BCUT2D eigenvalue weighted by Gasteiger charge is -2.37. The van der Waals surface area contributed by atoms with Crippen LogP contribution in [0.5, 0.6) is 0 Å². The third-order valence-electron chi connectivity index (χ3n) is 4.03.